The van der Waals surface area contributed by atoms with E-state index in [1.807, 2.05) is 26.8 Å². The maximum absolute atomic E-state index is 11.3. The number of amides is 1. The highest BCUT2D eigenvalue weighted by Crippen LogP contribution is 2.24. The summed E-state index contributed by atoms with van der Waals surface area (Å²) in [5.74, 6) is 0.929. The number of aryl methyl sites for hydroxylation is 1. The number of rotatable bonds is 4. The lowest BCUT2D eigenvalue weighted by Gasteiger charge is -2.17. The molecule has 6 heteroatoms. The fraction of sp³-hybridized carbons (Fsp3) is 0.429. The Kier molecular flexibility index (Phi) is 4.12. The molecule has 1 amide bonds. The largest absolute Gasteiger partial charge is 0.344 e. The van der Waals surface area contributed by atoms with E-state index in [4.69, 9.17) is 4.52 Å². The van der Waals surface area contributed by atoms with Crippen molar-refractivity contribution in [1.82, 2.24) is 20.4 Å². The molecule has 0 saturated carbocycles. The van der Waals surface area contributed by atoms with E-state index in [0.29, 0.717) is 11.7 Å². The van der Waals surface area contributed by atoms with Gasteiger partial charge in [0.1, 0.15) is 6.04 Å². The Morgan fingerprint density at radius 1 is 1.40 bits per heavy atom. The number of hydrogen-bond donors (Lipinski definition) is 1. The van der Waals surface area contributed by atoms with E-state index in [0.717, 1.165) is 11.1 Å². The summed E-state index contributed by atoms with van der Waals surface area (Å²) in [6.07, 6.45) is 3.42. The van der Waals surface area contributed by atoms with Gasteiger partial charge >= 0.3 is 0 Å². The minimum absolute atomic E-state index is 0.124. The predicted octanol–water partition coefficient (Wildman–Crippen LogP) is 2.27. The van der Waals surface area contributed by atoms with Crippen LogP contribution >= 0.6 is 0 Å². The fourth-order valence-electron chi connectivity index (χ4n) is 1.90. The van der Waals surface area contributed by atoms with E-state index in [1.165, 1.54) is 6.92 Å². The molecule has 2 aromatic heterocycles. The number of carbonyl (C=O) groups is 1. The Morgan fingerprint density at radius 2 is 2.15 bits per heavy atom. The first-order valence-electron chi connectivity index (χ1n) is 6.50. The Bertz CT molecular complexity index is 607. The minimum Gasteiger partial charge on any atom is -0.344 e. The van der Waals surface area contributed by atoms with Crippen molar-refractivity contribution < 1.29 is 9.32 Å². The van der Waals surface area contributed by atoms with Gasteiger partial charge in [0.15, 0.2) is 0 Å². The first-order valence-corrected chi connectivity index (χ1v) is 6.50. The molecule has 0 aliphatic heterocycles. The number of pyridine rings is 1. The summed E-state index contributed by atoms with van der Waals surface area (Å²) >= 11 is 0. The first-order chi connectivity index (χ1) is 9.49. The Morgan fingerprint density at radius 3 is 2.75 bits per heavy atom. The normalized spacial score (nSPS) is 12.4. The van der Waals surface area contributed by atoms with Crippen LogP contribution in [0.3, 0.4) is 0 Å². The van der Waals surface area contributed by atoms with Gasteiger partial charge in [0.2, 0.25) is 17.6 Å². The molecule has 106 valence electrons. The molecule has 0 fully saturated rings. The van der Waals surface area contributed by atoms with Crippen LogP contribution in [0.2, 0.25) is 0 Å². The van der Waals surface area contributed by atoms with Crippen molar-refractivity contribution in [3.05, 3.63) is 29.9 Å². The Hall–Kier alpha value is -2.24. The van der Waals surface area contributed by atoms with E-state index < -0.39 is 0 Å². The van der Waals surface area contributed by atoms with Crippen molar-refractivity contribution in [2.24, 2.45) is 5.92 Å². The van der Waals surface area contributed by atoms with E-state index >= 15 is 0 Å². The topological polar surface area (TPSA) is 80.9 Å². The molecule has 0 radical (unpaired) electrons. The lowest BCUT2D eigenvalue weighted by Crippen LogP contribution is -2.29. The molecule has 0 bridgehead atoms. The van der Waals surface area contributed by atoms with Crippen molar-refractivity contribution in [3.8, 4) is 11.4 Å². The number of aromatic nitrogens is 3. The van der Waals surface area contributed by atoms with Crippen LogP contribution < -0.4 is 5.32 Å². The monoisotopic (exact) mass is 274 g/mol. The van der Waals surface area contributed by atoms with Gasteiger partial charge in [-0.05, 0) is 24.5 Å². The molecule has 20 heavy (non-hydrogen) atoms. The van der Waals surface area contributed by atoms with Crippen molar-refractivity contribution in [2.75, 3.05) is 0 Å². The molecule has 0 unspecified atom stereocenters. The predicted molar refractivity (Wildman–Crippen MR) is 73.7 cm³/mol. The van der Waals surface area contributed by atoms with Crippen molar-refractivity contribution in [3.63, 3.8) is 0 Å². The zero-order chi connectivity index (χ0) is 14.7. The highest BCUT2D eigenvalue weighted by atomic mass is 16.5. The molecule has 1 atom stereocenters. The summed E-state index contributed by atoms with van der Waals surface area (Å²) in [4.78, 5) is 19.7. The van der Waals surface area contributed by atoms with Crippen LogP contribution in [0, 0.1) is 12.8 Å². The van der Waals surface area contributed by atoms with E-state index in [-0.39, 0.29) is 17.9 Å². The highest BCUT2D eigenvalue weighted by molar-refractivity contribution is 5.73. The molecule has 2 rings (SSSR count). The summed E-state index contributed by atoms with van der Waals surface area (Å²) in [6.45, 7) is 7.40. The standard InChI is InChI=1S/C14H18N4O2/c1-8(2)12(16-10(4)19)14-17-13(18-20-14)11-7-15-6-5-9(11)3/h5-8,12H,1-4H3,(H,16,19)/t12-/m1/s1. The van der Waals surface area contributed by atoms with Crippen LogP contribution in [0.25, 0.3) is 11.4 Å². The molecule has 0 aliphatic rings. The second-order valence-corrected chi connectivity index (χ2v) is 5.07. The molecular weight excluding hydrogens is 256 g/mol. The van der Waals surface area contributed by atoms with Crippen LogP contribution in [0.4, 0.5) is 0 Å². The molecule has 0 aliphatic carbocycles. The van der Waals surface area contributed by atoms with Crippen molar-refractivity contribution in [1.29, 1.82) is 0 Å². The van der Waals surface area contributed by atoms with Crippen LogP contribution in [-0.2, 0) is 4.79 Å². The highest BCUT2D eigenvalue weighted by Gasteiger charge is 2.24. The quantitative estimate of drug-likeness (QED) is 0.925. The number of hydrogen-bond acceptors (Lipinski definition) is 5. The second-order valence-electron chi connectivity index (χ2n) is 5.07. The first kappa shape index (κ1) is 14.2. The van der Waals surface area contributed by atoms with Gasteiger partial charge in [-0.2, -0.15) is 4.98 Å². The van der Waals surface area contributed by atoms with Crippen molar-refractivity contribution in [2.45, 2.75) is 33.7 Å². The maximum atomic E-state index is 11.3. The van der Waals surface area contributed by atoms with Gasteiger partial charge in [-0.15, -0.1) is 0 Å². The second kappa shape index (κ2) is 5.81. The third-order valence-corrected chi connectivity index (χ3v) is 3.01. The third kappa shape index (κ3) is 3.01. The SMILES string of the molecule is CC(=O)N[C@@H](c1nc(-c2cnccc2C)no1)C(C)C. The van der Waals surface area contributed by atoms with Gasteiger partial charge in [-0.3, -0.25) is 9.78 Å². The van der Waals surface area contributed by atoms with Gasteiger partial charge in [-0.1, -0.05) is 19.0 Å². The zero-order valence-electron chi connectivity index (χ0n) is 12.0. The summed E-state index contributed by atoms with van der Waals surface area (Å²) < 4.78 is 5.29. The maximum Gasteiger partial charge on any atom is 0.249 e. The van der Waals surface area contributed by atoms with Gasteiger partial charge in [-0.25, -0.2) is 0 Å². The lowest BCUT2D eigenvalue weighted by atomic mass is 10.0. The summed E-state index contributed by atoms with van der Waals surface area (Å²) in [6, 6.07) is 1.60. The minimum atomic E-state index is -0.286. The van der Waals surface area contributed by atoms with Gasteiger partial charge in [0.05, 0.1) is 0 Å². The van der Waals surface area contributed by atoms with E-state index in [1.54, 1.807) is 12.4 Å². The van der Waals surface area contributed by atoms with Crippen LogP contribution in [0.5, 0.6) is 0 Å². The summed E-state index contributed by atoms with van der Waals surface area (Å²) in [5.41, 5.74) is 1.85. The molecule has 0 aromatic carbocycles. The molecule has 1 N–H and O–H groups in total. The molecule has 0 saturated heterocycles. The lowest BCUT2D eigenvalue weighted by molar-refractivity contribution is -0.120. The van der Waals surface area contributed by atoms with E-state index in [9.17, 15) is 4.79 Å². The van der Waals surface area contributed by atoms with Gasteiger partial charge < -0.3 is 9.84 Å². The molecule has 2 heterocycles. The molecule has 0 spiro atoms. The summed E-state index contributed by atoms with van der Waals surface area (Å²) in [7, 11) is 0. The van der Waals surface area contributed by atoms with Gasteiger partial charge in [0.25, 0.3) is 0 Å². The smallest absolute Gasteiger partial charge is 0.249 e. The molecule has 6 nitrogen and oxygen atoms in total. The Labute approximate surface area is 117 Å². The van der Waals surface area contributed by atoms with Crippen LogP contribution in [0.1, 0.15) is 38.3 Å². The zero-order valence-corrected chi connectivity index (χ0v) is 12.0. The number of nitrogens with one attached hydrogen (secondary N) is 1. The van der Waals surface area contributed by atoms with Crippen LogP contribution in [0.15, 0.2) is 23.0 Å². The number of carbonyl (C=O) groups excluding carboxylic acids is 1. The van der Waals surface area contributed by atoms with Gasteiger partial charge in [0, 0.05) is 24.9 Å². The summed E-state index contributed by atoms with van der Waals surface area (Å²) in [5, 5.41) is 6.80. The third-order valence-electron chi connectivity index (χ3n) is 3.01. The average molecular weight is 274 g/mol. The van der Waals surface area contributed by atoms with Crippen LogP contribution in [-0.4, -0.2) is 21.0 Å². The fourth-order valence-corrected chi connectivity index (χ4v) is 1.90. The average Bonchev–Trinajstić information content (AvgIpc) is 2.85. The Balaban J connectivity index is 2.32. The van der Waals surface area contributed by atoms with E-state index in [2.05, 4.69) is 20.4 Å². The molecular formula is C14H18N4O2. The number of nitrogens with zero attached hydrogens (tertiary/aromatic N) is 3. The molecule has 2 aromatic rings. The van der Waals surface area contributed by atoms with Crippen molar-refractivity contribution >= 4 is 5.91 Å².